The monoisotopic (exact) mass is 444 g/mol. The van der Waals surface area contributed by atoms with Crippen molar-refractivity contribution in [2.75, 3.05) is 11.9 Å². The molecule has 1 aliphatic rings. The second-order valence-electron chi connectivity index (χ2n) is 7.63. The zero-order valence-electron chi connectivity index (χ0n) is 17.5. The highest BCUT2D eigenvalue weighted by Crippen LogP contribution is 2.28. The fourth-order valence-corrected chi connectivity index (χ4v) is 3.93. The molecule has 164 valence electrons. The number of rotatable bonds is 3. The molecule has 0 aliphatic carbocycles. The van der Waals surface area contributed by atoms with Crippen molar-refractivity contribution in [3.05, 3.63) is 101 Å². The van der Waals surface area contributed by atoms with E-state index in [2.05, 4.69) is 15.3 Å². The first kappa shape index (κ1) is 20.6. The average Bonchev–Trinajstić information content (AvgIpc) is 3.24. The maximum absolute atomic E-state index is 14.7. The molecule has 8 heteroatoms. The first-order chi connectivity index (χ1) is 15.9. The van der Waals surface area contributed by atoms with Crippen LogP contribution in [0.5, 0.6) is 0 Å². The molecule has 1 unspecified atom stereocenters. The number of carbonyl (C=O) groups is 2. The Balaban J connectivity index is 1.58. The van der Waals surface area contributed by atoms with Gasteiger partial charge in [-0.05, 0) is 36.4 Å². The third kappa shape index (κ3) is 3.55. The van der Waals surface area contributed by atoms with Crippen LogP contribution in [0.2, 0.25) is 0 Å². The van der Waals surface area contributed by atoms with Gasteiger partial charge in [-0.3, -0.25) is 9.59 Å². The standard InChI is InChI=1S/C25H18F2N4O2/c1-31-21-12-5-3-8-15(21)22(14-7-2-4-9-17(14)26)29-23(25(31)33)30-24(32)20-13-16-18(27)10-6-11-19(16)28-20/h2-13,23,28H,1H3,(H,30,32). The number of carbonyl (C=O) groups excluding carboxylic acids is 2. The number of amides is 2. The van der Waals surface area contributed by atoms with E-state index in [4.69, 9.17) is 0 Å². The Morgan fingerprint density at radius 2 is 1.67 bits per heavy atom. The van der Waals surface area contributed by atoms with Crippen LogP contribution in [0.15, 0.2) is 77.8 Å². The number of likely N-dealkylation sites (N-methyl/N-ethyl adjacent to an activating group) is 1. The number of hydrogen-bond acceptors (Lipinski definition) is 3. The zero-order chi connectivity index (χ0) is 23.1. The molecule has 1 aromatic heterocycles. The lowest BCUT2D eigenvalue weighted by Gasteiger charge is -2.20. The summed E-state index contributed by atoms with van der Waals surface area (Å²) in [6.07, 6.45) is -1.32. The minimum atomic E-state index is -1.32. The van der Waals surface area contributed by atoms with E-state index < -0.39 is 29.6 Å². The maximum atomic E-state index is 14.7. The number of fused-ring (bicyclic) bond motifs is 2. The zero-order valence-corrected chi connectivity index (χ0v) is 17.5. The fraction of sp³-hybridized carbons (Fsp3) is 0.0800. The Kier molecular flexibility index (Phi) is 4.97. The van der Waals surface area contributed by atoms with E-state index >= 15 is 0 Å². The van der Waals surface area contributed by atoms with E-state index in [-0.39, 0.29) is 22.4 Å². The molecule has 3 aromatic carbocycles. The van der Waals surface area contributed by atoms with Gasteiger partial charge in [0.05, 0.1) is 11.4 Å². The summed E-state index contributed by atoms with van der Waals surface area (Å²) < 4.78 is 28.7. The van der Waals surface area contributed by atoms with E-state index in [1.807, 2.05) is 0 Å². The molecule has 0 saturated heterocycles. The lowest BCUT2D eigenvalue weighted by Crippen LogP contribution is -2.46. The van der Waals surface area contributed by atoms with Gasteiger partial charge >= 0.3 is 0 Å². The first-order valence-electron chi connectivity index (χ1n) is 10.2. The van der Waals surface area contributed by atoms with Crippen molar-refractivity contribution in [3.63, 3.8) is 0 Å². The van der Waals surface area contributed by atoms with E-state index in [0.717, 1.165) is 0 Å². The van der Waals surface area contributed by atoms with Crippen LogP contribution in [0.25, 0.3) is 10.9 Å². The van der Waals surface area contributed by atoms with Gasteiger partial charge in [0, 0.05) is 29.1 Å². The first-order valence-corrected chi connectivity index (χ1v) is 10.2. The van der Waals surface area contributed by atoms with Gasteiger partial charge in [-0.25, -0.2) is 13.8 Å². The molecule has 5 rings (SSSR count). The van der Waals surface area contributed by atoms with E-state index in [1.165, 1.54) is 29.2 Å². The molecule has 0 spiro atoms. The van der Waals surface area contributed by atoms with Gasteiger partial charge in [-0.1, -0.05) is 36.4 Å². The Morgan fingerprint density at radius 1 is 0.970 bits per heavy atom. The van der Waals surface area contributed by atoms with E-state index in [0.29, 0.717) is 16.8 Å². The number of hydrogen-bond donors (Lipinski definition) is 2. The van der Waals surface area contributed by atoms with E-state index in [1.54, 1.807) is 55.6 Å². The maximum Gasteiger partial charge on any atom is 0.272 e. The van der Waals surface area contributed by atoms with Crippen molar-refractivity contribution in [3.8, 4) is 0 Å². The molecular weight excluding hydrogens is 426 g/mol. The van der Waals surface area contributed by atoms with Crippen LogP contribution in [0.4, 0.5) is 14.5 Å². The predicted molar refractivity (Wildman–Crippen MR) is 121 cm³/mol. The molecule has 1 atom stereocenters. The second-order valence-corrected chi connectivity index (χ2v) is 7.63. The molecule has 0 bridgehead atoms. The minimum Gasteiger partial charge on any atom is -0.350 e. The molecule has 2 N–H and O–H groups in total. The number of benzodiazepines with no additional fused rings is 1. The molecule has 6 nitrogen and oxygen atoms in total. The van der Waals surface area contributed by atoms with Gasteiger partial charge in [0.15, 0.2) is 0 Å². The van der Waals surface area contributed by atoms with Crippen molar-refractivity contribution in [1.29, 1.82) is 0 Å². The minimum absolute atomic E-state index is 0.0787. The van der Waals surface area contributed by atoms with Gasteiger partial charge in [0.1, 0.15) is 17.3 Å². The Labute approximate surface area is 187 Å². The number of benzene rings is 3. The van der Waals surface area contributed by atoms with Crippen LogP contribution in [0.1, 0.15) is 21.6 Å². The Bertz CT molecular complexity index is 1440. The van der Waals surface area contributed by atoms with Gasteiger partial charge in [0.2, 0.25) is 6.17 Å². The second kappa shape index (κ2) is 7.98. The van der Waals surface area contributed by atoms with Crippen LogP contribution in [0, 0.1) is 11.6 Å². The number of H-pyrrole nitrogens is 1. The van der Waals surface area contributed by atoms with Crippen LogP contribution < -0.4 is 10.2 Å². The summed E-state index contributed by atoms with van der Waals surface area (Å²) in [6, 6.07) is 19.0. The molecule has 4 aromatic rings. The summed E-state index contributed by atoms with van der Waals surface area (Å²) in [6.45, 7) is 0. The van der Waals surface area contributed by atoms with Crippen LogP contribution in [-0.4, -0.2) is 35.7 Å². The summed E-state index contributed by atoms with van der Waals surface area (Å²) in [7, 11) is 1.57. The summed E-state index contributed by atoms with van der Waals surface area (Å²) in [5, 5.41) is 2.86. The molecule has 33 heavy (non-hydrogen) atoms. The third-order valence-corrected chi connectivity index (χ3v) is 5.60. The smallest absolute Gasteiger partial charge is 0.272 e. The highest BCUT2D eigenvalue weighted by Gasteiger charge is 2.32. The van der Waals surface area contributed by atoms with Gasteiger partial charge in [-0.15, -0.1) is 0 Å². The Morgan fingerprint density at radius 3 is 2.42 bits per heavy atom. The largest absolute Gasteiger partial charge is 0.350 e. The molecular formula is C25H18F2N4O2. The number of anilines is 1. The Hall–Kier alpha value is -4.33. The highest BCUT2D eigenvalue weighted by atomic mass is 19.1. The van der Waals surface area contributed by atoms with Crippen LogP contribution in [0.3, 0.4) is 0 Å². The predicted octanol–water partition coefficient (Wildman–Crippen LogP) is 4.02. The van der Waals surface area contributed by atoms with Crippen molar-refractivity contribution in [2.45, 2.75) is 6.17 Å². The molecule has 1 aliphatic heterocycles. The van der Waals surface area contributed by atoms with Crippen molar-refractivity contribution < 1.29 is 18.4 Å². The number of nitrogens with zero attached hydrogens (tertiary/aromatic N) is 2. The van der Waals surface area contributed by atoms with Gasteiger partial charge < -0.3 is 15.2 Å². The highest BCUT2D eigenvalue weighted by molar-refractivity contribution is 6.20. The number of aromatic nitrogens is 1. The summed E-state index contributed by atoms with van der Waals surface area (Å²) in [4.78, 5) is 34.9. The summed E-state index contributed by atoms with van der Waals surface area (Å²) >= 11 is 0. The topological polar surface area (TPSA) is 77.6 Å². The van der Waals surface area contributed by atoms with Gasteiger partial charge in [0.25, 0.3) is 11.8 Å². The number of nitrogens with one attached hydrogen (secondary N) is 2. The van der Waals surface area contributed by atoms with Gasteiger partial charge in [-0.2, -0.15) is 0 Å². The SMILES string of the molecule is CN1C(=O)C(NC(=O)c2cc3c(F)cccc3[nH]2)N=C(c2ccccc2F)c2ccccc21. The lowest BCUT2D eigenvalue weighted by molar-refractivity contribution is -0.119. The quantitative estimate of drug-likeness (QED) is 0.501. The lowest BCUT2D eigenvalue weighted by atomic mass is 10.00. The molecule has 0 radical (unpaired) electrons. The van der Waals surface area contributed by atoms with Crippen molar-refractivity contribution in [2.24, 2.45) is 4.99 Å². The third-order valence-electron chi connectivity index (χ3n) is 5.60. The molecule has 0 saturated carbocycles. The average molecular weight is 444 g/mol. The number of aromatic amines is 1. The van der Waals surface area contributed by atoms with Crippen LogP contribution in [-0.2, 0) is 4.79 Å². The number of para-hydroxylation sites is 1. The molecule has 2 amide bonds. The molecule has 0 fully saturated rings. The van der Waals surface area contributed by atoms with E-state index in [9.17, 15) is 18.4 Å². The fourth-order valence-electron chi connectivity index (χ4n) is 3.93. The summed E-state index contributed by atoms with van der Waals surface area (Å²) in [5.41, 5.74) is 2.08. The number of halogens is 2. The summed E-state index contributed by atoms with van der Waals surface area (Å²) in [5.74, 6) is -2.10. The van der Waals surface area contributed by atoms with Crippen LogP contribution >= 0.6 is 0 Å². The van der Waals surface area contributed by atoms with Crippen molar-refractivity contribution in [1.82, 2.24) is 10.3 Å². The number of aliphatic imine (C=N–C) groups is 1. The normalized spacial score (nSPS) is 15.7. The molecule has 2 heterocycles. The van der Waals surface area contributed by atoms with Crippen molar-refractivity contribution >= 4 is 34.1 Å².